The van der Waals surface area contributed by atoms with Crippen molar-refractivity contribution in [1.82, 2.24) is 19.7 Å². The lowest BCUT2D eigenvalue weighted by atomic mass is 10.1. The van der Waals surface area contributed by atoms with Gasteiger partial charge in [0.15, 0.2) is 0 Å². The van der Waals surface area contributed by atoms with Crippen molar-refractivity contribution in [2.45, 2.75) is 25.4 Å². The Morgan fingerprint density at radius 3 is 3.29 bits per heavy atom. The number of imidazole rings is 1. The number of amides is 1. The second-order valence-electron chi connectivity index (χ2n) is 4.84. The molecule has 1 aliphatic heterocycles. The summed E-state index contributed by atoms with van der Waals surface area (Å²) in [5.74, 6) is 6.35. The quantitative estimate of drug-likeness (QED) is 0.836. The van der Waals surface area contributed by atoms with E-state index in [1.807, 2.05) is 0 Å². The Kier molecular flexibility index (Phi) is 4.12. The maximum atomic E-state index is 12.0. The molecule has 1 fully saturated rings. The number of hydrogen-bond donors (Lipinski definition) is 1. The number of rotatable bonds is 2. The number of fused-ring (bicyclic) bond motifs is 1. The number of aromatic nitrogens is 3. The van der Waals surface area contributed by atoms with Gasteiger partial charge in [0.25, 0.3) is 5.91 Å². The minimum absolute atomic E-state index is 0.0135. The predicted molar refractivity (Wildman–Crippen MR) is 76.7 cm³/mol. The minimum atomic E-state index is -0.197. The van der Waals surface area contributed by atoms with Crippen LogP contribution in [0.4, 0.5) is 0 Å². The third-order valence-corrected chi connectivity index (χ3v) is 3.29. The molecule has 3 heterocycles. The highest BCUT2D eigenvalue weighted by Gasteiger charge is 2.10. The summed E-state index contributed by atoms with van der Waals surface area (Å²) < 4.78 is 7.21. The van der Waals surface area contributed by atoms with Crippen molar-refractivity contribution in [2.75, 3.05) is 13.2 Å². The summed E-state index contributed by atoms with van der Waals surface area (Å²) in [6, 6.07) is 0. The molecule has 21 heavy (non-hydrogen) atoms. The Balaban J connectivity index is 1.55. The molecule has 0 radical (unpaired) electrons. The molecule has 108 valence electrons. The van der Waals surface area contributed by atoms with E-state index in [0.717, 1.165) is 25.9 Å². The Labute approximate surface area is 122 Å². The van der Waals surface area contributed by atoms with Crippen molar-refractivity contribution < 1.29 is 9.53 Å². The van der Waals surface area contributed by atoms with Gasteiger partial charge in [0.1, 0.15) is 6.10 Å². The molecule has 2 aromatic rings. The predicted octanol–water partition coefficient (Wildman–Crippen LogP) is 1.03. The molecule has 6 nitrogen and oxygen atoms in total. The Hall–Kier alpha value is -2.39. The summed E-state index contributed by atoms with van der Waals surface area (Å²) >= 11 is 0. The molecule has 0 aliphatic carbocycles. The molecule has 1 aliphatic rings. The standard InChI is InChI=1S/C15H16N4O2/c20-14(12-10-18-15-17-7-8-19(15)11-12)16-6-3-5-13-4-1-2-9-21-13/h7-8,10-11,13H,1-2,4,6,9H2,(H,16,20). The molecule has 0 saturated carbocycles. The molecule has 1 saturated heterocycles. The van der Waals surface area contributed by atoms with Crippen LogP contribution < -0.4 is 5.32 Å². The van der Waals surface area contributed by atoms with Crippen LogP contribution in [0.15, 0.2) is 24.8 Å². The van der Waals surface area contributed by atoms with Crippen molar-refractivity contribution in [3.05, 3.63) is 30.4 Å². The minimum Gasteiger partial charge on any atom is -0.366 e. The molecule has 1 unspecified atom stereocenters. The number of nitrogens with one attached hydrogen (secondary N) is 1. The monoisotopic (exact) mass is 284 g/mol. The number of carbonyl (C=O) groups is 1. The topological polar surface area (TPSA) is 68.5 Å². The highest BCUT2D eigenvalue weighted by Crippen LogP contribution is 2.11. The zero-order valence-corrected chi connectivity index (χ0v) is 11.6. The van der Waals surface area contributed by atoms with Gasteiger partial charge in [0, 0.05) is 31.4 Å². The van der Waals surface area contributed by atoms with Crippen LogP contribution in [0.25, 0.3) is 5.78 Å². The largest absolute Gasteiger partial charge is 0.366 e. The summed E-state index contributed by atoms with van der Waals surface area (Å²) in [7, 11) is 0. The van der Waals surface area contributed by atoms with Crippen LogP contribution in [-0.4, -0.2) is 39.5 Å². The van der Waals surface area contributed by atoms with Gasteiger partial charge in [-0.3, -0.25) is 9.20 Å². The average molecular weight is 284 g/mol. The molecule has 1 N–H and O–H groups in total. The average Bonchev–Trinajstić information content (AvgIpc) is 3.00. The summed E-state index contributed by atoms with van der Waals surface area (Å²) in [5.41, 5.74) is 0.483. The van der Waals surface area contributed by atoms with Gasteiger partial charge in [-0.2, -0.15) is 0 Å². The fourth-order valence-corrected chi connectivity index (χ4v) is 2.18. The fraction of sp³-hybridized carbons (Fsp3) is 0.400. The van der Waals surface area contributed by atoms with E-state index in [0.29, 0.717) is 17.9 Å². The van der Waals surface area contributed by atoms with Crippen LogP contribution in [0, 0.1) is 11.8 Å². The number of carbonyl (C=O) groups excluding carboxylic acids is 1. The van der Waals surface area contributed by atoms with Gasteiger partial charge in [0.05, 0.1) is 12.1 Å². The van der Waals surface area contributed by atoms with Gasteiger partial charge >= 0.3 is 0 Å². The second kappa shape index (κ2) is 6.37. The first-order chi connectivity index (χ1) is 10.3. The normalized spacial score (nSPS) is 18.0. The van der Waals surface area contributed by atoms with E-state index >= 15 is 0 Å². The Bertz CT molecular complexity index is 692. The highest BCUT2D eigenvalue weighted by atomic mass is 16.5. The first kappa shape index (κ1) is 13.6. The van der Waals surface area contributed by atoms with Gasteiger partial charge in [-0.05, 0) is 19.3 Å². The first-order valence-electron chi connectivity index (χ1n) is 7.00. The van der Waals surface area contributed by atoms with Gasteiger partial charge in [-0.25, -0.2) is 9.97 Å². The molecule has 0 aromatic carbocycles. The van der Waals surface area contributed by atoms with E-state index in [4.69, 9.17) is 4.74 Å². The maximum Gasteiger partial charge on any atom is 0.255 e. The van der Waals surface area contributed by atoms with Gasteiger partial charge in [0.2, 0.25) is 5.78 Å². The van der Waals surface area contributed by atoms with Crippen LogP contribution in [0.5, 0.6) is 0 Å². The maximum absolute atomic E-state index is 12.0. The number of ether oxygens (including phenoxy) is 1. The van der Waals surface area contributed by atoms with Gasteiger partial charge in [-0.1, -0.05) is 11.8 Å². The van der Waals surface area contributed by atoms with Crippen LogP contribution in [0.3, 0.4) is 0 Å². The van der Waals surface area contributed by atoms with E-state index in [9.17, 15) is 4.79 Å². The number of nitrogens with zero attached hydrogens (tertiary/aromatic N) is 3. The SMILES string of the molecule is O=C(NCC#CC1CCCCO1)c1cnc2nccn2c1. The van der Waals surface area contributed by atoms with Gasteiger partial charge < -0.3 is 10.1 Å². The lowest BCUT2D eigenvalue weighted by Crippen LogP contribution is -2.24. The van der Waals surface area contributed by atoms with Gasteiger partial charge in [-0.15, -0.1) is 0 Å². The van der Waals surface area contributed by atoms with E-state index in [1.165, 1.54) is 6.20 Å². The molecular weight excluding hydrogens is 268 g/mol. The lowest BCUT2D eigenvalue weighted by molar-refractivity contribution is 0.0525. The van der Waals surface area contributed by atoms with Crippen LogP contribution in [-0.2, 0) is 4.74 Å². The smallest absolute Gasteiger partial charge is 0.255 e. The van der Waals surface area contributed by atoms with Crippen LogP contribution in [0.2, 0.25) is 0 Å². The molecule has 0 bridgehead atoms. The van der Waals surface area contributed by atoms with Crippen LogP contribution in [0.1, 0.15) is 29.6 Å². The van der Waals surface area contributed by atoms with E-state index in [2.05, 4.69) is 27.1 Å². The molecule has 0 spiro atoms. The third-order valence-electron chi connectivity index (χ3n) is 3.29. The zero-order valence-electron chi connectivity index (χ0n) is 11.6. The van der Waals surface area contributed by atoms with E-state index in [-0.39, 0.29) is 12.0 Å². The summed E-state index contributed by atoms with van der Waals surface area (Å²) in [6.07, 6.45) is 9.85. The third kappa shape index (κ3) is 3.38. The molecular formula is C15H16N4O2. The molecule has 6 heteroatoms. The second-order valence-corrected chi connectivity index (χ2v) is 4.84. The molecule has 2 aromatic heterocycles. The van der Waals surface area contributed by atoms with Crippen molar-refractivity contribution in [3.63, 3.8) is 0 Å². The number of hydrogen-bond acceptors (Lipinski definition) is 4. The van der Waals surface area contributed by atoms with Crippen molar-refractivity contribution in [3.8, 4) is 11.8 Å². The highest BCUT2D eigenvalue weighted by molar-refractivity contribution is 5.93. The zero-order chi connectivity index (χ0) is 14.5. The van der Waals surface area contributed by atoms with E-state index < -0.39 is 0 Å². The molecule has 1 amide bonds. The fourth-order valence-electron chi connectivity index (χ4n) is 2.18. The van der Waals surface area contributed by atoms with Crippen molar-refractivity contribution in [2.24, 2.45) is 0 Å². The lowest BCUT2D eigenvalue weighted by Gasteiger charge is -2.17. The summed E-state index contributed by atoms with van der Waals surface area (Å²) in [4.78, 5) is 20.1. The molecule has 3 rings (SSSR count). The molecule has 1 atom stereocenters. The Morgan fingerprint density at radius 2 is 2.43 bits per heavy atom. The van der Waals surface area contributed by atoms with Crippen molar-refractivity contribution in [1.29, 1.82) is 0 Å². The van der Waals surface area contributed by atoms with E-state index in [1.54, 1.807) is 23.0 Å². The van der Waals surface area contributed by atoms with Crippen LogP contribution >= 0.6 is 0 Å². The summed E-state index contributed by atoms with van der Waals surface area (Å²) in [6.45, 7) is 1.09. The first-order valence-corrected chi connectivity index (χ1v) is 7.00. The summed E-state index contributed by atoms with van der Waals surface area (Å²) in [5, 5.41) is 2.75. The Morgan fingerprint density at radius 1 is 1.48 bits per heavy atom. The van der Waals surface area contributed by atoms with Crippen molar-refractivity contribution >= 4 is 11.7 Å².